The molecule has 2 aromatic rings. The third-order valence-corrected chi connectivity index (χ3v) is 7.96. The van der Waals surface area contributed by atoms with E-state index < -0.39 is 0 Å². The van der Waals surface area contributed by atoms with Crippen LogP contribution in [0.25, 0.3) is 0 Å². The minimum atomic E-state index is -0.261. The first kappa shape index (κ1) is 19.9. The number of benzene rings is 1. The van der Waals surface area contributed by atoms with Crippen LogP contribution in [0.3, 0.4) is 0 Å². The average molecular weight is 469 g/mol. The summed E-state index contributed by atoms with van der Waals surface area (Å²) in [6.07, 6.45) is 6.83. The first-order valence-corrected chi connectivity index (χ1v) is 11.3. The first-order valence-electron chi connectivity index (χ1n) is 10.6. The van der Waals surface area contributed by atoms with Gasteiger partial charge in [0.15, 0.2) is 12.4 Å². The largest absolute Gasteiger partial charge is 0.484 e. The van der Waals surface area contributed by atoms with Crippen molar-refractivity contribution in [1.82, 2.24) is 4.98 Å². The predicted octanol–water partition coefficient (Wildman–Crippen LogP) is 4.21. The molecule has 0 N–H and O–H groups in total. The van der Waals surface area contributed by atoms with Crippen molar-refractivity contribution < 1.29 is 19.1 Å². The summed E-state index contributed by atoms with van der Waals surface area (Å²) in [4.78, 5) is 44.1. The number of aromatic nitrogens is 1. The Balaban J connectivity index is 1.15. The molecule has 3 fully saturated rings. The third-order valence-electron chi connectivity index (χ3n) is 7.22. The van der Waals surface area contributed by atoms with Crippen LogP contribution in [-0.4, -0.2) is 29.2 Å². The lowest BCUT2D eigenvalue weighted by Gasteiger charge is -2.37. The fraction of sp³-hybridized carbons (Fsp3) is 0.333. The molecule has 32 heavy (non-hydrogen) atoms. The number of hydrogen-bond donors (Lipinski definition) is 0. The van der Waals surface area contributed by atoms with Gasteiger partial charge in [0.05, 0.1) is 28.1 Å². The summed E-state index contributed by atoms with van der Waals surface area (Å²) in [6.45, 7) is -0.206. The van der Waals surface area contributed by atoms with E-state index in [1.807, 2.05) is 0 Å². The standard InChI is InChI=1S/C24H18Cl2N2O4/c25-17-5-1-11(7-18(17)26)19(29)10-32-12-2-6-20(27-9-12)28-23(30)21-13-3-4-14(16-8-15(13)16)22(21)24(28)31/h1-7,9,13-16,21-22H,8,10H2/t13-,14+,15+,16-,21-,22+. The molecule has 0 unspecified atom stereocenters. The van der Waals surface area contributed by atoms with Gasteiger partial charge >= 0.3 is 0 Å². The number of carbonyl (C=O) groups excluding carboxylic acids is 3. The highest BCUT2D eigenvalue weighted by Crippen LogP contribution is 2.65. The van der Waals surface area contributed by atoms with Crippen LogP contribution in [0.2, 0.25) is 10.0 Å². The van der Waals surface area contributed by atoms with Crippen LogP contribution in [0, 0.1) is 35.5 Å². The fourth-order valence-corrected chi connectivity index (χ4v) is 5.97. The van der Waals surface area contributed by atoms with Crippen molar-refractivity contribution >= 4 is 46.6 Å². The molecule has 1 aromatic heterocycles. The van der Waals surface area contributed by atoms with Gasteiger partial charge in [0, 0.05) is 5.56 Å². The summed E-state index contributed by atoms with van der Waals surface area (Å²) < 4.78 is 5.54. The Morgan fingerprint density at radius 3 is 2.28 bits per heavy atom. The summed E-state index contributed by atoms with van der Waals surface area (Å²) in [6, 6.07) is 7.82. The van der Waals surface area contributed by atoms with E-state index in [-0.39, 0.29) is 47.9 Å². The topological polar surface area (TPSA) is 76.6 Å². The molecule has 6 atom stereocenters. The Morgan fingerprint density at radius 2 is 1.69 bits per heavy atom. The van der Waals surface area contributed by atoms with E-state index in [0.29, 0.717) is 39.0 Å². The molecule has 1 aliphatic heterocycles. The maximum absolute atomic E-state index is 13.1. The van der Waals surface area contributed by atoms with Crippen molar-refractivity contribution in [2.45, 2.75) is 6.42 Å². The van der Waals surface area contributed by atoms with E-state index in [0.717, 1.165) is 6.42 Å². The van der Waals surface area contributed by atoms with Crippen LogP contribution in [0.15, 0.2) is 48.7 Å². The van der Waals surface area contributed by atoms with E-state index in [1.165, 1.54) is 17.2 Å². The molecule has 2 amide bonds. The lowest BCUT2D eigenvalue weighted by atomic mass is 9.63. The van der Waals surface area contributed by atoms with Crippen molar-refractivity contribution in [1.29, 1.82) is 0 Å². The summed E-state index contributed by atoms with van der Waals surface area (Å²) >= 11 is 11.8. The second-order valence-electron chi connectivity index (χ2n) is 8.86. The molecule has 6 nitrogen and oxygen atoms in total. The number of imide groups is 1. The van der Waals surface area contributed by atoms with Gasteiger partial charge in [-0.3, -0.25) is 14.4 Å². The van der Waals surface area contributed by atoms with E-state index >= 15 is 0 Å². The number of amides is 2. The number of ketones is 1. The van der Waals surface area contributed by atoms with Crippen LogP contribution in [0.5, 0.6) is 5.75 Å². The summed E-state index contributed by atoms with van der Waals surface area (Å²) in [5, 5.41) is 0.667. The fourth-order valence-electron chi connectivity index (χ4n) is 5.67. The number of nitrogens with zero attached hydrogens (tertiary/aromatic N) is 2. The van der Waals surface area contributed by atoms with Gasteiger partial charge in [0.25, 0.3) is 0 Å². The van der Waals surface area contributed by atoms with Gasteiger partial charge in [-0.2, -0.15) is 0 Å². The minimum absolute atomic E-state index is 0.152. The highest BCUT2D eigenvalue weighted by Gasteiger charge is 2.67. The number of hydrogen-bond acceptors (Lipinski definition) is 5. The molecule has 8 heteroatoms. The Bertz CT molecular complexity index is 1160. The van der Waals surface area contributed by atoms with E-state index in [4.69, 9.17) is 27.9 Å². The SMILES string of the molecule is O=C(COc1ccc(N2C(=O)[C@@H]3[C@@H]4C=C[C@@H]([C@H]5C[C@@H]45)[C@@H]3C2=O)nc1)c1ccc(Cl)c(Cl)c1. The Hall–Kier alpha value is -2.70. The zero-order valence-electron chi connectivity index (χ0n) is 16.8. The molecule has 0 spiro atoms. The van der Waals surface area contributed by atoms with Gasteiger partial charge in [-0.25, -0.2) is 9.88 Å². The number of pyridine rings is 1. The van der Waals surface area contributed by atoms with Gasteiger partial charge in [-0.15, -0.1) is 0 Å². The highest BCUT2D eigenvalue weighted by atomic mass is 35.5. The first-order chi connectivity index (χ1) is 15.4. The third kappa shape index (κ3) is 2.93. The number of allylic oxidation sites excluding steroid dienone is 2. The predicted molar refractivity (Wildman–Crippen MR) is 118 cm³/mol. The molecule has 5 aliphatic rings. The van der Waals surface area contributed by atoms with Crippen molar-refractivity contribution in [3.8, 4) is 5.75 Å². The van der Waals surface area contributed by atoms with Crippen molar-refractivity contribution in [3.05, 3.63) is 64.3 Å². The average Bonchev–Trinajstić information content (AvgIpc) is 3.58. The smallest absolute Gasteiger partial charge is 0.239 e. The number of halogens is 2. The summed E-state index contributed by atoms with van der Waals surface area (Å²) in [5.74, 6) is 1.03. The summed E-state index contributed by atoms with van der Waals surface area (Å²) in [7, 11) is 0. The lowest BCUT2D eigenvalue weighted by molar-refractivity contribution is -0.124. The number of rotatable bonds is 5. The lowest BCUT2D eigenvalue weighted by Crippen LogP contribution is -2.40. The number of anilines is 1. The van der Waals surface area contributed by atoms with Crippen molar-refractivity contribution in [2.75, 3.05) is 11.5 Å². The van der Waals surface area contributed by atoms with Crippen LogP contribution >= 0.6 is 23.2 Å². The number of carbonyl (C=O) groups is 3. The molecule has 2 saturated carbocycles. The molecule has 2 bridgehead atoms. The molecule has 2 heterocycles. The minimum Gasteiger partial charge on any atom is -0.484 e. The Morgan fingerprint density at radius 1 is 1.00 bits per heavy atom. The van der Waals surface area contributed by atoms with Crippen molar-refractivity contribution in [3.63, 3.8) is 0 Å². The zero-order chi connectivity index (χ0) is 22.1. The second-order valence-corrected chi connectivity index (χ2v) is 9.67. The van der Waals surface area contributed by atoms with E-state index in [2.05, 4.69) is 17.1 Å². The molecular formula is C24H18Cl2N2O4. The van der Waals surface area contributed by atoms with E-state index in [1.54, 1.807) is 24.3 Å². The number of ether oxygens (including phenoxy) is 1. The quantitative estimate of drug-likeness (QED) is 0.373. The monoisotopic (exact) mass is 468 g/mol. The Labute approximate surface area is 194 Å². The second kappa shape index (κ2) is 7.15. The van der Waals surface area contributed by atoms with Crippen molar-refractivity contribution in [2.24, 2.45) is 35.5 Å². The molecule has 0 radical (unpaired) electrons. The summed E-state index contributed by atoms with van der Waals surface area (Å²) in [5.41, 5.74) is 0.390. The molecule has 7 rings (SSSR count). The van der Waals surface area contributed by atoms with Gasteiger partial charge in [0.1, 0.15) is 11.6 Å². The normalized spacial score (nSPS) is 31.5. The maximum atomic E-state index is 13.1. The maximum Gasteiger partial charge on any atom is 0.239 e. The molecular weight excluding hydrogens is 451 g/mol. The highest BCUT2D eigenvalue weighted by molar-refractivity contribution is 6.42. The zero-order valence-corrected chi connectivity index (χ0v) is 18.3. The molecule has 162 valence electrons. The van der Waals surface area contributed by atoms with E-state index in [9.17, 15) is 14.4 Å². The van der Waals surface area contributed by atoms with Gasteiger partial charge in [-0.05, 0) is 60.4 Å². The molecule has 1 saturated heterocycles. The van der Waals surface area contributed by atoms with Crippen LogP contribution < -0.4 is 9.64 Å². The molecule has 1 aromatic carbocycles. The van der Waals surface area contributed by atoms with Crippen LogP contribution in [0.4, 0.5) is 5.82 Å². The van der Waals surface area contributed by atoms with Gasteiger partial charge < -0.3 is 4.74 Å². The molecule has 4 aliphatic carbocycles. The van der Waals surface area contributed by atoms with Gasteiger partial charge in [-0.1, -0.05) is 35.4 Å². The van der Waals surface area contributed by atoms with Crippen LogP contribution in [0.1, 0.15) is 16.8 Å². The van der Waals surface area contributed by atoms with Crippen LogP contribution in [-0.2, 0) is 9.59 Å². The Kier molecular flexibility index (Phi) is 4.46. The van der Waals surface area contributed by atoms with Gasteiger partial charge in [0.2, 0.25) is 11.8 Å². The number of Topliss-reactive ketones (excluding diaryl/α,β-unsaturated/α-hetero) is 1.